The third-order valence-electron chi connectivity index (χ3n) is 2.36. The van der Waals surface area contributed by atoms with Gasteiger partial charge >= 0.3 is 0 Å². The van der Waals surface area contributed by atoms with Crippen LogP contribution in [0.15, 0.2) is 22.7 Å². The lowest BCUT2D eigenvalue weighted by atomic mass is 10.1. The van der Waals surface area contributed by atoms with Gasteiger partial charge in [0.15, 0.2) is 0 Å². The SMILES string of the molecule is Cc1[nH]c2c(Br)cccc2c1CC#N. The highest BCUT2D eigenvalue weighted by Gasteiger charge is 2.09. The van der Waals surface area contributed by atoms with Gasteiger partial charge < -0.3 is 4.98 Å². The van der Waals surface area contributed by atoms with Gasteiger partial charge in [0.2, 0.25) is 0 Å². The van der Waals surface area contributed by atoms with Crippen molar-refractivity contribution in [3.05, 3.63) is 33.9 Å². The monoisotopic (exact) mass is 248 g/mol. The highest BCUT2D eigenvalue weighted by molar-refractivity contribution is 9.10. The number of rotatable bonds is 1. The zero-order valence-electron chi connectivity index (χ0n) is 7.76. The quantitative estimate of drug-likeness (QED) is 0.827. The normalized spacial score (nSPS) is 10.4. The number of para-hydroxylation sites is 1. The van der Waals surface area contributed by atoms with Crippen LogP contribution in [-0.2, 0) is 6.42 Å². The molecule has 1 N–H and O–H groups in total. The number of nitriles is 1. The Morgan fingerprint density at radius 3 is 3.00 bits per heavy atom. The first-order valence-electron chi connectivity index (χ1n) is 4.36. The summed E-state index contributed by atoms with van der Waals surface area (Å²) in [7, 11) is 0. The van der Waals surface area contributed by atoms with Gasteiger partial charge in [-0.2, -0.15) is 5.26 Å². The summed E-state index contributed by atoms with van der Waals surface area (Å²) in [5.41, 5.74) is 3.26. The van der Waals surface area contributed by atoms with E-state index in [0.717, 1.165) is 26.6 Å². The molecular weight excluding hydrogens is 240 g/mol. The van der Waals surface area contributed by atoms with Gasteiger partial charge in [0.05, 0.1) is 18.0 Å². The van der Waals surface area contributed by atoms with Crippen molar-refractivity contribution in [3.63, 3.8) is 0 Å². The number of fused-ring (bicyclic) bond motifs is 1. The molecule has 0 radical (unpaired) electrons. The molecule has 14 heavy (non-hydrogen) atoms. The lowest BCUT2D eigenvalue weighted by Crippen LogP contribution is -1.81. The van der Waals surface area contributed by atoms with Gasteiger partial charge in [0.1, 0.15) is 0 Å². The zero-order valence-corrected chi connectivity index (χ0v) is 9.35. The molecule has 0 aliphatic rings. The summed E-state index contributed by atoms with van der Waals surface area (Å²) in [6, 6.07) is 8.21. The molecule has 2 aromatic rings. The fourth-order valence-corrected chi connectivity index (χ4v) is 2.14. The minimum absolute atomic E-state index is 0.461. The number of halogens is 1. The molecular formula is C11H9BrN2. The van der Waals surface area contributed by atoms with Crippen LogP contribution < -0.4 is 0 Å². The zero-order chi connectivity index (χ0) is 10.1. The Morgan fingerprint density at radius 1 is 1.50 bits per heavy atom. The van der Waals surface area contributed by atoms with Gasteiger partial charge in [-0.25, -0.2) is 0 Å². The number of aromatic nitrogens is 1. The average molecular weight is 249 g/mol. The molecule has 2 rings (SSSR count). The summed E-state index contributed by atoms with van der Waals surface area (Å²) in [6.07, 6.45) is 0.461. The molecule has 0 bridgehead atoms. The summed E-state index contributed by atoms with van der Waals surface area (Å²) < 4.78 is 1.04. The van der Waals surface area contributed by atoms with E-state index in [2.05, 4.69) is 27.0 Å². The number of nitrogens with zero attached hydrogens (tertiary/aromatic N) is 1. The van der Waals surface area contributed by atoms with Crippen molar-refractivity contribution in [2.75, 3.05) is 0 Å². The highest BCUT2D eigenvalue weighted by atomic mass is 79.9. The number of H-pyrrole nitrogens is 1. The van der Waals surface area contributed by atoms with E-state index in [4.69, 9.17) is 5.26 Å². The largest absolute Gasteiger partial charge is 0.357 e. The van der Waals surface area contributed by atoms with Crippen LogP contribution in [0.1, 0.15) is 11.3 Å². The Labute approximate surface area is 90.7 Å². The molecule has 0 saturated heterocycles. The van der Waals surface area contributed by atoms with E-state index < -0.39 is 0 Å². The Hall–Kier alpha value is -1.27. The predicted octanol–water partition coefficient (Wildman–Crippen LogP) is 3.30. The molecule has 1 aromatic heterocycles. The highest BCUT2D eigenvalue weighted by Crippen LogP contribution is 2.28. The maximum Gasteiger partial charge on any atom is 0.0670 e. The molecule has 0 spiro atoms. The molecule has 0 amide bonds. The Balaban J connectivity index is 2.78. The van der Waals surface area contributed by atoms with Crippen LogP contribution >= 0.6 is 15.9 Å². The summed E-state index contributed by atoms with van der Waals surface area (Å²) in [5, 5.41) is 9.85. The van der Waals surface area contributed by atoms with Gasteiger partial charge in [-0.15, -0.1) is 0 Å². The predicted molar refractivity (Wildman–Crippen MR) is 60.1 cm³/mol. The first kappa shape index (κ1) is 9.29. The Bertz CT molecular complexity index is 520. The molecule has 1 aromatic carbocycles. The van der Waals surface area contributed by atoms with E-state index in [0.29, 0.717) is 6.42 Å². The molecule has 0 saturated carbocycles. The first-order valence-corrected chi connectivity index (χ1v) is 5.16. The third-order valence-corrected chi connectivity index (χ3v) is 3.02. The molecule has 70 valence electrons. The van der Waals surface area contributed by atoms with Gasteiger partial charge in [-0.1, -0.05) is 12.1 Å². The van der Waals surface area contributed by atoms with Crippen LogP contribution in [-0.4, -0.2) is 4.98 Å². The van der Waals surface area contributed by atoms with E-state index in [9.17, 15) is 0 Å². The standard InChI is InChI=1S/C11H9BrN2/c1-7-8(5-6-13)9-3-2-4-10(12)11(9)14-7/h2-4,14H,5H2,1H3. The van der Waals surface area contributed by atoms with Crippen molar-refractivity contribution in [1.29, 1.82) is 5.26 Å². The van der Waals surface area contributed by atoms with E-state index in [-0.39, 0.29) is 0 Å². The summed E-state index contributed by atoms with van der Waals surface area (Å²) in [5.74, 6) is 0. The van der Waals surface area contributed by atoms with Gasteiger partial charge in [0, 0.05) is 15.6 Å². The van der Waals surface area contributed by atoms with Gasteiger partial charge in [-0.05, 0) is 34.5 Å². The van der Waals surface area contributed by atoms with Crippen molar-refractivity contribution in [1.82, 2.24) is 4.98 Å². The van der Waals surface area contributed by atoms with Gasteiger partial charge in [0.25, 0.3) is 0 Å². The van der Waals surface area contributed by atoms with Crippen molar-refractivity contribution >= 4 is 26.8 Å². The molecule has 2 nitrogen and oxygen atoms in total. The maximum absolute atomic E-state index is 8.72. The van der Waals surface area contributed by atoms with Crippen molar-refractivity contribution in [2.45, 2.75) is 13.3 Å². The van der Waals surface area contributed by atoms with Crippen LogP contribution in [0.4, 0.5) is 0 Å². The van der Waals surface area contributed by atoms with Gasteiger partial charge in [-0.3, -0.25) is 0 Å². The Morgan fingerprint density at radius 2 is 2.29 bits per heavy atom. The number of aromatic amines is 1. The molecule has 1 heterocycles. The second kappa shape index (κ2) is 3.47. The lowest BCUT2D eigenvalue weighted by molar-refractivity contribution is 1.19. The fourth-order valence-electron chi connectivity index (χ4n) is 1.67. The second-order valence-electron chi connectivity index (χ2n) is 3.23. The van der Waals surface area contributed by atoms with Crippen molar-refractivity contribution in [2.24, 2.45) is 0 Å². The number of benzene rings is 1. The number of aryl methyl sites for hydroxylation is 1. The smallest absolute Gasteiger partial charge is 0.0670 e. The molecule has 0 atom stereocenters. The van der Waals surface area contributed by atoms with Crippen LogP contribution in [0.5, 0.6) is 0 Å². The lowest BCUT2D eigenvalue weighted by Gasteiger charge is -1.94. The third kappa shape index (κ3) is 1.32. The van der Waals surface area contributed by atoms with E-state index in [1.807, 2.05) is 25.1 Å². The van der Waals surface area contributed by atoms with E-state index in [1.165, 1.54) is 0 Å². The first-order chi connectivity index (χ1) is 6.74. The fraction of sp³-hybridized carbons (Fsp3) is 0.182. The van der Waals surface area contributed by atoms with Crippen LogP contribution in [0, 0.1) is 18.3 Å². The number of hydrogen-bond acceptors (Lipinski definition) is 1. The summed E-state index contributed by atoms with van der Waals surface area (Å²) in [6.45, 7) is 2.00. The summed E-state index contributed by atoms with van der Waals surface area (Å²) >= 11 is 3.48. The van der Waals surface area contributed by atoms with Crippen LogP contribution in [0.2, 0.25) is 0 Å². The minimum atomic E-state index is 0.461. The molecule has 0 aliphatic heterocycles. The molecule has 0 aliphatic carbocycles. The summed E-state index contributed by atoms with van der Waals surface area (Å²) in [4.78, 5) is 3.28. The number of hydrogen-bond donors (Lipinski definition) is 1. The van der Waals surface area contributed by atoms with Crippen LogP contribution in [0.3, 0.4) is 0 Å². The van der Waals surface area contributed by atoms with E-state index in [1.54, 1.807) is 0 Å². The Kier molecular flexibility index (Phi) is 2.30. The minimum Gasteiger partial charge on any atom is -0.357 e. The van der Waals surface area contributed by atoms with Crippen molar-refractivity contribution in [3.8, 4) is 6.07 Å². The molecule has 0 unspecified atom stereocenters. The van der Waals surface area contributed by atoms with Crippen molar-refractivity contribution < 1.29 is 0 Å². The maximum atomic E-state index is 8.72. The van der Waals surface area contributed by atoms with Crippen LogP contribution in [0.25, 0.3) is 10.9 Å². The average Bonchev–Trinajstić information content (AvgIpc) is 2.47. The van der Waals surface area contributed by atoms with E-state index >= 15 is 0 Å². The topological polar surface area (TPSA) is 39.6 Å². The number of nitrogens with one attached hydrogen (secondary N) is 1. The molecule has 3 heteroatoms. The second-order valence-corrected chi connectivity index (χ2v) is 4.08. The molecule has 0 fully saturated rings.